The summed E-state index contributed by atoms with van der Waals surface area (Å²) in [6.45, 7) is 8.66. The van der Waals surface area contributed by atoms with Gasteiger partial charge in [0.25, 0.3) is 0 Å². The van der Waals surface area contributed by atoms with E-state index in [9.17, 15) is 4.39 Å². The Morgan fingerprint density at radius 1 is 1.27 bits per heavy atom. The number of nitrogens with one attached hydrogen (secondary N) is 1. The maximum absolute atomic E-state index is 13.5. The summed E-state index contributed by atoms with van der Waals surface area (Å²) in [5.74, 6) is -0.271. The lowest BCUT2D eigenvalue weighted by atomic mass is 9.77. The van der Waals surface area contributed by atoms with Crippen LogP contribution in [0.2, 0.25) is 0 Å². The molecular weight excluding hydrogens is 348 g/mol. The van der Waals surface area contributed by atoms with Crippen LogP contribution >= 0.6 is 15.9 Å². The maximum Gasteiger partial charge on any atom is 0.491 e. The van der Waals surface area contributed by atoms with E-state index < -0.39 is 18.3 Å². The van der Waals surface area contributed by atoms with Gasteiger partial charge in [-0.15, -0.1) is 0 Å². The lowest BCUT2D eigenvalue weighted by Crippen LogP contribution is -2.41. The molecule has 1 fully saturated rings. The third kappa shape index (κ3) is 3.62. The zero-order chi connectivity index (χ0) is 16.5. The largest absolute Gasteiger partial charge is 0.491 e. The van der Waals surface area contributed by atoms with Crippen molar-refractivity contribution in [3.05, 3.63) is 39.5 Å². The molecule has 1 saturated heterocycles. The van der Waals surface area contributed by atoms with E-state index in [0.29, 0.717) is 6.54 Å². The molecule has 0 aromatic heterocycles. The molecular formula is C16H22BBrFNO2. The first kappa shape index (κ1) is 17.7. The topological polar surface area (TPSA) is 30.5 Å². The van der Waals surface area contributed by atoms with Crippen LogP contribution in [0.5, 0.6) is 0 Å². The van der Waals surface area contributed by atoms with E-state index in [1.165, 1.54) is 12.1 Å². The van der Waals surface area contributed by atoms with Crippen molar-refractivity contribution in [2.75, 3.05) is 13.6 Å². The van der Waals surface area contributed by atoms with Crippen LogP contribution in [0.25, 0.3) is 6.08 Å². The normalized spacial score (nSPS) is 20.5. The van der Waals surface area contributed by atoms with E-state index in [-0.39, 0.29) is 5.82 Å². The first-order chi connectivity index (χ1) is 10.2. The van der Waals surface area contributed by atoms with Crippen LogP contribution in [-0.4, -0.2) is 31.9 Å². The van der Waals surface area contributed by atoms with Crippen LogP contribution in [0, 0.1) is 5.82 Å². The van der Waals surface area contributed by atoms with Crippen LogP contribution in [0.1, 0.15) is 33.3 Å². The Morgan fingerprint density at radius 3 is 2.41 bits per heavy atom. The Bertz CT molecular complexity index is 574. The summed E-state index contributed by atoms with van der Waals surface area (Å²) in [5, 5.41) is 3.12. The molecule has 1 aliphatic heterocycles. The molecule has 6 heteroatoms. The van der Waals surface area contributed by atoms with E-state index >= 15 is 0 Å². The monoisotopic (exact) mass is 369 g/mol. The summed E-state index contributed by atoms with van der Waals surface area (Å²) in [7, 11) is 1.41. The van der Waals surface area contributed by atoms with E-state index in [1.54, 1.807) is 6.07 Å². The van der Waals surface area contributed by atoms with Gasteiger partial charge >= 0.3 is 7.12 Å². The van der Waals surface area contributed by atoms with Crippen LogP contribution in [-0.2, 0) is 9.31 Å². The highest BCUT2D eigenvalue weighted by Crippen LogP contribution is 2.39. The number of benzene rings is 1. The van der Waals surface area contributed by atoms with Crippen LogP contribution in [0.3, 0.4) is 0 Å². The van der Waals surface area contributed by atoms with Crippen LogP contribution < -0.4 is 5.32 Å². The van der Waals surface area contributed by atoms with Crippen molar-refractivity contribution in [2.45, 2.75) is 38.9 Å². The predicted molar refractivity (Wildman–Crippen MR) is 92.1 cm³/mol. The molecule has 0 spiro atoms. The molecule has 0 bridgehead atoms. The molecule has 1 aliphatic rings. The first-order valence-electron chi connectivity index (χ1n) is 7.32. The Hall–Kier alpha value is -0.685. The van der Waals surface area contributed by atoms with Gasteiger partial charge in [0.2, 0.25) is 0 Å². The van der Waals surface area contributed by atoms with Gasteiger partial charge in [0.05, 0.1) is 11.2 Å². The minimum absolute atomic E-state index is 0.271. The van der Waals surface area contributed by atoms with Gasteiger partial charge < -0.3 is 14.6 Å². The Labute approximate surface area is 140 Å². The Balaban J connectivity index is 2.35. The van der Waals surface area contributed by atoms with E-state index in [0.717, 1.165) is 15.5 Å². The molecule has 0 saturated carbocycles. The fourth-order valence-electron chi connectivity index (χ4n) is 2.23. The lowest BCUT2D eigenvalue weighted by molar-refractivity contribution is 0.00578. The fourth-order valence-corrected chi connectivity index (χ4v) is 2.59. The molecule has 0 aliphatic carbocycles. The van der Waals surface area contributed by atoms with Crippen molar-refractivity contribution < 1.29 is 13.7 Å². The summed E-state index contributed by atoms with van der Waals surface area (Å²) < 4.78 is 26.5. The van der Waals surface area contributed by atoms with Crippen LogP contribution in [0.15, 0.2) is 28.1 Å². The van der Waals surface area contributed by atoms with Gasteiger partial charge in [-0.3, -0.25) is 0 Å². The molecule has 0 unspecified atom stereocenters. The summed E-state index contributed by atoms with van der Waals surface area (Å²) in [4.78, 5) is 0. The average Bonchev–Trinajstić information content (AvgIpc) is 2.62. The van der Waals surface area contributed by atoms with Gasteiger partial charge in [-0.05, 0) is 64.0 Å². The summed E-state index contributed by atoms with van der Waals surface area (Å²) in [6, 6.07) is 4.61. The highest BCUT2D eigenvalue weighted by molar-refractivity contribution is 9.10. The van der Waals surface area contributed by atoms with Gasteiger partial charge in [-0.2, -0.15) is 0 Å². The molecule has 22 heavy (non-hydrogen) atoms. The van der Waals surface area contributed by atoms with Gasteiger partial charge in [0.15, 0.2) is 0 Å². The average molecular weight is 370 g/mol. The lowest BCUT2D eigenvalue weighted by Gasteiger charge is -2.32. The van der Waals surface area contributed by atoms with E-state index in [4.69, 9.17) is 9.31 Å². The number of rotatable bonds is 4. The molecule has 0 radical (unpaired) electrons. The molecule has 120 valence electrons. The fraction of sp³-hybridized carbons (Fsp3) is 0.500. The van der Waals surface area contributed by atoms with Gasteiger partial charge in [0, 0.05) is 11.0 Å². The first-order valence-corrected chi connectivity index (χ1v) is 8.11. The Morgan fingerprint density at radius 2 is 1.86 bits per heavy atom. The quantitative estimate of drug-likeness (QED) is 0.818. The maximum atomic E-state index is 13.5. The Kier molecular flexibility index (Phi) is 5.17. The third-order valence-electron chi connectivity index (χ3n) is 4.24. The molecule has 3 nitrogen and oxygen atoms in total. The van der Waals surface area contributed by atoms with Crippen molar-refractivity contribution in [3.63, 3.8) is 0 Å². The van der Waals surface area contributed by atoms with Crippen molar-refractivity contribution in [3.8, 4) is 0 Å². The number of halogens is 2. The highest BCUT2D eigenvalue weighted by Gasteiger charge is 2.52. The minimum Gasteiger partial charge on any atom is -0.400 e. The molecule has 0 atom stereocenters. The molecule has 1 aromatic rings. The summed E-state index contributed by atoms with van der Waals surface area (Å²) >= 11 is 3.45. The van der Waals surface area contributed by atoms with E-state index in [1.807, 2.05) is 40.8 Å². The van der Waals surface area contributed by atoms with Crippen molar-refractivity contribution in [1.29, 1.82) is 0 Å². The van der Waals surface area contributed by atoms with Gasteiger partial charge in [0.1, 0.15) is 5.82 Å². The molecule has 0 amide bonds. The second-order valence-corrected chi connectivity index (χ2v) is 7.36. The second kappa shape index (κ2) is 6.44. The summed E-state index contributed by atoms with van der Waals surface area (Å²) in [6.07, 6.45) is 1.91. The number of hydrogen-bond donors (Lipinski definition) is 1. The zero-order valence-electron chi connectivity index (χ0n) is 13.7. The molecule has 2 rings (SSSR count). The van der Waals surface area contributed by atoms with Gasteiger partial charge in [-0.1, -0.05) is 22.0 Å². The zero-order valence-corrected chi connectivity index (χ0v) is 15.3. The predicted octanol–water partition coefficient (Wildman–Crippen LogP) is 3.82. The molecule has 1 N–H and O–H groups in total. The van der Waals surface area contributed by atoms with Gasteiger partial charge in [-0.25, -0.2) is 4.39 Å². The van der Waals surface area contributed by atoms with E-state index in [2.05, 4.69) is 21.2 Å². The van der Waals surface area contributed by atoms with Crippen molar-refractivity contribution in [2.24, 2.45) is 0 Å². The minimum atomic E-state index is -0.451. The summed E-state index contributed by atoms with van der Waals surface area (Å²) in [5.41, 5.74) is 0.889. The SMILES string of the molecule is CNCC(=Cc1cc(F)ccc1Br)B1OC(C)(C)C(C)(C)O1. The highest BCUT2D eigenvalue weighted by atomic mass is 79.9. The third-order valence-corrected chi connectivity index (χ3v) is 4.96. The number of hydrogen-bond acceptors (Lipinski definition) is 3. The van der Waals surface area contributed by atoms with Crippen molar-refractivity contribution in [1.82, 2.24) is 5.32 Å². The van der Waals surface area contributed by atoms with Crippen LogP contribution in [0.4, 0.5) is 4.39 Å². The number of likely N-dealkylation sites (N-methyl/N-ethyl adjacent to an activating group) is 1. The smallest absolute Gasteiger partial charge is 0.400 e. The van der Waals surface area contributed by atoms with Crippen molar-refractivity contribution >= 4 is 29.1 Å². The standard InChI is InChI=1S/C16H22BBrFNO2/c1-15(2)16(3,4)22-17(21-15)12(10-20-5)8-11-9-13(19)6-7-14(11)18/h6-9,20H,10H2,1-5H3. The molecule has 1 heterocycles. The second-order valence-electron chi connectivity index (χ2n) is 6.50. The molecule has 1 aromatic carbocycles.